The van der Waals surface area contributed by atoms with Crippen molar-refractivity contribution in [2.24, 2.45) is 5.18 Å². The molecule has 1 N–H and O–H groups in total. The molecule has 5 nitrogen and oxygen atoms in total. The van der Waals surface area contributed by atoms with E-state index in [2.05, 4.69) is 15.1 Å². The highest BCUT2D eigenvalue weighted by molar-refractivity contribution is 6.02. The molecule has 0 saturated heterocycles. The summed E-state index contributed by atoms with van der Waals surface area (Å²) in [6.45, 7) is 0. The van der Waals surface area contributed by atoms with E-state index in [1.165, 1.54) is 0 Å². The van der Waals surface area contributed by atoms with Gasteiger partial charge in [-0.2, -0.15) is 0 Å². The second-order valence-electron chi connectivity index (χ2n) is 4.07. The molecule has 2 aromatic heterocycles. The summed E-state index contributed by atoms with van der Waals surface area (Å²) in [6, 6.07) is 10.4. The molecule has 0 fully saturated rings. The van der Waals surface area contributed by atoms with E-state index in [0.717, 1.165) is 28.4 Å². The fraction of sp³-hybridized carbons (Fsp3) is 0. The third kappa shape index (κ3) is 1.81. The van der Waals surface area contributed by atoms with Crippen molar-refractivity contribution in [2.75, 3.05) is 0 Å². The predicted octanol–water partition coefficient (Wildman–Crippen LogP) is 3.44. The molecule has 3 rings (SSSR count). The van der Waals surface area contributed by atoms with Gasteiger partial charge in [0.05, 0.1) is 16.7 Å². The fourth-order valence-electron chi connectivity index (χ4n) is 2.11. The zero-order chi connectivity index (χ0) is 13.2. The Balaban J connectivity index is 2.27. The van der Waals surface area contributed by atoms with E-state index in [-0.39, 0.29) is 0 Å². The number of nitrogens with zero attached hydrogens (tertiary/aromatic N) is 2. The smallest absolute Gasteiger partial charge is 0.166 e. The molecular formula is C14H9N3O2. The molecule has 0 saturated carbocycles. The van der Waals surface area contributed by atoms with Gasteiger partial charge < -0.3 is 4.98 Å². The van der Waals surface area contributed by atoms with Gasteiger partial charge in [-0.3, -0.25) is 9.78 Å². The number of carbonyl (C=O) groups is 1. The molecule has 0 radical (unpaired) electrons. The number of H-pyrrole nitrogens is 1. The van der Waals surface area contributed by atoms with Gasteiger partial charge in [-0.1, -0.05) is 12.1 Å². The molecule has 0 bridgehead atoms. The van der Waals surface area contributed by atoms with E-state index in [1.807, 2.05) is 6.07 Å². The van der Waals surface area contributed by atoms with Gasteiger partial charge in [0.25, 0.3) is 0 Å². The maximum atomic E-state index is 11.2. The summed E-state index contributed by atoms with van der Waals surface area (Å²) in [5.74, 6) is 0. The Morgan fingerprint density at radius 3 is 2.63 bits per heavy atom. The molecule has 0 aliphatic heterocycles. The van der Waals surface area contributed by atoms with E-state index in [4.69, 9.17) is 0 Å². The van der Waals surface area contributed by atoms with Crippen molar-refractivity contribution in [3.8, 4) is 11.1 Å². The third-order valence-electron chi connectivity index (χ3n) is 2.96. The van der Waals surface area contributed by atoms with Crippen LogP contribution in [0.1, 0.15) is 10.5 Å². The molecule has 5 heteroatoms. The Labute approximate surface area is 108 Å². The first-order chi connectivity index (χ1) is 9.33. The molecule has 0 spiro atoms. The monoisotopic (exact) mass is 251 g/mol. The van der Waals surface area contributed by atoms with Crippen LogP contribution in [-0.2, 0) is 0 Å². The van der Waals surface area contributed by atoms with Gasteiger partial charge in [0.2, 0.25) is 0 Å². The Hall–Kier alpha value is -2.82. The number of aldehydes is 1. The van der Waals surface area contributed by atoms with Crippen molar-refractivity contribution in [2.45, 2.75) is 0 Å². The number of pyridine rings is 1. The quantitative estimate of drug-likeness (QED) is 0.572. The lowest BCUT2D eigenvalue weighted by molar-refractivity contribution is 0.112. The molecular weight excluding hydrogens is 242 g/mol. The minimum atomic E-state index is 0.351. The second kappa shape index (κ2) is 4.45. The molecule has 19 heavy (non-hydrogen) atoms. The minimum absolute atomic E-state index is 0.351. The first kappa shape index (κ1) is 11.3. The highest BCUT2D eigenvalue weighted by Gasteiger charge is 2.13. The van der Waals surface area contributed by atoms with Crippen molar-refractivity contribution < 1.29 is 4.79 Å². The number of hydrogen-bond acceptors (Lipinski definition) is 4. The average molecular weight is 251 g/mol. The number of aromatic amines is 1. The van der Waals surface area contributed by atoms with E-state index < -0.39 is 0 Å². The summed E-state index contributed by atoms with van der Waals surface area (Å²) in [6.07, 6.45) is 2.44. The van der Waals surface area contributed by atoms with Crippen LogP contribution < -0.4 is 0 Å². The van der Waals surface area contributed by atoms with Crippen molar-refractivity contribution in [1.29, 1.82) is 0 Å². The first-order valence-corrected chi connectivity index (χ1v) is 5.69. The Kier molecular flexibility index (Phi) is 2.64. The van der Waals surface area contributed by atoms with Crippen LogP contribution in [0.25, 0.3) is 22.2 Å². The molecule has 0 aliphatic carbocycles. The van der Waals surface area contributed by atoms with Crippen molar-refractivity contribution >= 4 is 23.0 Å². The predicted molar refractivity (Wildman–Crippen MR) is 72.4 cm³/mol. The second-order valence-corrected chi connectivity index (χ2v) is 4.07. The van der Waals surface area contributed by atoms with Crippen molar-refractivity contribution in [1.82, 2.24) is 9.97 Å². The summed E-state index contributed by atoms with van der Waals surface area (Å²) in [5, 5.41) is 2.85. The Bertz CT molecular complexity index is 760. The van der Waals surface area contributed by atoms with E-state index in [1.54, 1.807) is 36.5 Å². The van der Waals surface area contributed by atoms with E-state index in [9.17, 15) is 9.70 Å². The number of carbonyl (C=O) groups excluding carboxylic acids is 1. The van der Waals surface area contributed by atoms with Crippen molar-refractivity contribution in [3.63, 3.8) is 0 Å². The molecule has 0 amide bonds. The highest BCUT2D eigenvalue weighted by atomic mass is 16.3. The summed E-state index contributed by atoms with van der Waals surface area (Å²) in [4.78, 5) is 28.9. The van der Waals surface area contributed by atoms with Crippen LogP contribution >= 0.6 is 0 Å². The molecule has 1 aromatic carbocycles. The van der Waals surface area contributed by atoms with Crippen LogP contribution in [0.4, 0.5) is 5.69 Å². The van der Waals surface area contributed by atoms with Crippen LogP contribution in [0.3, 0.4) is 0 Å². The van der Waals surface area contributed by atoms with Gasteiger partial charge >= 0.3 is 0 Å². The maximum Gasteiger partial charge on any atom is 0.166 e. The number of nitrogens with one attached hydrogen (secondary N) is 1. The minimum Gasteiger partial charge on any atom is -0.351 e. The SMILES string of the molecule is O=Cc1[nH]c2cccnc2c1-c1ccc(N=O)cc1. The van der Waals surface area contributed by atoms with Crippen LogP contribution in [0.2, 0.25) is 0 Å². The van der Waals surface area contributed by atoms with Gasteiger partial charge in [0, 0.05) is 11.8 Å². The highest BCUT2D eigenvalue weighted by Crippen LogP contribution is 2.31. The molecule has 92 valence electrons. The summed E-state index contributed by atoms with van der Waals surface area (Å²) in [7, 11) is 0. The lowest BCUT2D eigenvalue weighted by atomic mass is 10.0. The van der Waals surface area contributed by atoms with Crippen molar-refractivity contribution in [3.05, 3.63) is 53.2 Å². The normalized spacial score (nSPS) is 10.5. The standard InChI is InChI=1S/C14H9N3O2/c18-8-12-13(9-3-5-10(17-19)6-4-9)14-11(16-12)2-1-7-15-14/h1-8,16H. The van der Waals surface area contributed by atoms with E-state index in [0.29, 0.717) is 11.4 Å². The molecule has 0 atom stereocenters. The number of benzene rings is 1. The Morgan fingerprint density at radius 1 is 1.16 bits per heavy atom. The zero-order valence-electron chi connectivity index (χ0n) is 9.83. The fourth-order valence-corrected chi connectivity index (χ4v) is 2.11. The van der Waals surface area contributed by atoms with Gasteiger partial charge in [-0.15, -0.1) is 4.91 Å². The van der Waals surface area contributed by atoms with Crippen LogP contribution in [0.5, 0.6) is 0 Å². The Morgan fingerprint density at radius 2 is 1.95 bits per heavy atom. The largest absolute Gasteiger partial charge is 0.351 e. The molecule has 0 unspecified atom stereocenters. The molecule has 0 aliphatic rings. The van der Waals surface area contributed by atoms with Gasteiger partial charge in [0.1, 0.15) is 5.69 Å². The average Bonchev–Trinajstić information content (AvgIpc) is 2.86. The number of nitroso groups, excluding NO2 is 1. The van der Waals surface area contributed by atoms with Gasteiger partial charge in [-0.05, 0) is 35.0 Å². The lowest BCUT2D eigenvalue weighted by Gasteiger charge is -2.00. The number of hydrogen-bond donors (Lipinski definition) is 1. The van der Waals surface area contributed by atoms with Gasteiger partial charge in [0.15, 0.2) is 6.29 Å². The van der Waals surface area contributed by atoms with Crippen LogP contribution in [-0.4, -0.2) is 16.3 Å². The van der Waals surface area contributed by atoms with Gasteiger partial charge in [-0.25, -0.2) is 0 Å². The number of fused-ring (bicyclic) bond motifs is 1. The number of rotatable bonds is 3. The lowest BCUT2D eigenvalue weighted by Crippen LogP contribution is -1.84. The van der Waals surface area contributed by atoms with E-state index >= 15 is 0 Å². The molecule has 2 heterocycles. The first-order valence-electron chi connectivity index (χ1n) is 5.69. The zero-order valence-corrected chi connectivity index (χ0v) is 9.83. The molecule has 3 aromatic rings. The third-order valence-corrected chi connectivity index (χ3v) is 2.96. The van der Waals surface area contributed by atoms with Crippen LogP contribution in [0, 0.1) is 4.91 Å². The van der Waals surface area contributed by atoms with Crippen LogP contribution in [0.15, 0.2) is 47.8 Å². The topological polar surface area (TPSA) is 75.2 Å². The maximum absolute atomic E-state index is 11.2. The number of aromatic nitrogens is 2. The summed E-state index contributed by atoms with van der Waals surface area (Å²) in [5.41, 5.74) is 3.92. The summed E-state index contributed by atoms with van der Waals surface area (Å²) < 4.78 is 0. The summed E-state index contributed by atoms with van der Waals surface area (Å²) >= 11 is 0.